The number of nitrogens with two attached hydrogens (primary N) is 2. The molecule has 0 aliphatic heterocycles. The van der Waals surface area contributed by atoms with Gasteiger partial charge in [0.2, 0.25) is 23.6 Å². The molecule has 0 bridgehead atoms. The lowest BCUT2D eigenvalue weighted by Crippen LogP contribution is -2.58. The maximum atomic E-state index is 13.4. The van der Waals surface area contributed by atoms with E-state index in [1.165, 1.54) is 0 Å². The second-order valence-corrected chi connectivity index (χ2v) is 9.57. The summed E-state index contributed by atoms with van der Waals surface area (Å²) in [6, 6.07) is 10.8. The van der Waals surface area contributed by atoms with Crippen LogP contribution in [0, 0.1) is 0 Å². The van der Waals surface area contributed by atoms with Gasteiger partial charge < -0.3 is 42.6 Å². The Bertz CT molecular complexity index is 1380. The van der Waals surface area contributed by atoms with E-state index in [4.69, 9.17) is 11.5 Å². The number of fused-ring (bicyclic) bond motifs is 1. The fraction of sp³-hybridized carbons (Fsp3) is 0.321. The molecular weight excluding hydrogens is 532 g/mol. The minimum absolute atomic E-state index is 0.00431. The quantitative estimate of drug-likeness (QED) is 0.114. The van der Waals surface area contributed by atoms with Gasteiger partial charge in [-0.05, 0) is 23.6 Å². The van der Waals surface area contributed by atoms with Crippen molar-refractivity contribution in [3.8, 4) is 0 Å². The Kier molecular flexibility index (Phi) is 11.0. The first-order valence-corrected chi connectivity index (χ1v) is 13.0. The number of benzene rings is 2. The number of carboxylic acid groups (broad SMARTS) is 1. The van der Waals surface area contributed by atoms with E-state index in [-0.39, 0.29) is 25.7 Å². The van der Waals surface area contributed by atoms with Crippen LogP contribution in [-0.2, 0) is 36.8 Å². The zero-order valence-corrected chi connectivity index (χ0v) is 22.2. The van der Waals surface area contributed by atoms with Gasteiger partial charge in [0.1, 0.15) is 18.1 Å². The minimum Gasteiger partial charge on any atom is -0.480 e. The average Bonchev–Trinajstić information content (AvgIpc) is 3.36. The molecule has 41 heavy (non-hydrogen) atoms. The molecule has 1 heterocycles. The summed E-state index contributed by atoms with van der Waals surface area (Å²) in [7, 11) is 0. The van der Waals surface area contributed by atoms with Gasteiger partial charge in [-0.25, -0.2) is 4.79 Å². The Morgan fingerprint density at radius 3 is 2.07 bits per heavy atom. The summed E-state index contributed by atoms with van der Waals surface area (Å²) >= 11 is 0. The number of carboxylic acids is 1. The molecule has 0 fully saturated rings. The molecule has 0 radical (unpaired) electrons. The smallest absolute Gasteiger partial charge is 0.326 e. The van der Waals surface area contributed by atoms with E-state index < -0.39 is 60.4 Å². The Morgan fingerprint density at radius 1 is 0.805 bits per heavy atom. The van der Waals surface area contributed by atoms with E-state index in [1.54, 1.807) is 36.5 Å². The second-order valence-electron chi connectivity index (χ2n) is 9.57. The Morgan fingerprint density at radius 2 is 1.41 bits per heavy atom. The highest BCUT2D eigenvalue weighted by atomic mass is 16.4. The highest BCUT2D eigenvalue weighted by Crippen LogP contribution is 2.19. The number of H-pyrrole nitrogens is 1. The van der Waals surface area contributed by atoms with Crippen molar-refractivity contribution in [3.63, 3.8) is 0 Å². The molecule has 0 aliphatic carbocycles. The van der Waals surface area contributed by atoms with Gasteiger partial charge in [0.15, 0.2) is 0 Å². The topological polar surface area (TPSA) is 230 Å². The first-order valence-electron chi connectivity index (χ1n) is 13.0. The van der Waals surface area contributed by atoms with Crippen LogP contribution in [0.5, 0.6) is 0 Å². The number of primary amides is 1. The van der Waals surface area contributed by atoms with E-state index in [0.717, 1.165) is 10.9 Å². The van der Waals surface area contributed by atoms with E-state index in [1.807, 2.05) is 24.3 Å². The van der Waals surface area contributed by atoms with Crippen molar-refractivity contribution < 1.29 is 34.2 Å². The summed E-state index contributed by atoms with van der Waals surface area (Å²) in [5, 5.41) is 27.6. The second kappa shape index (κ2) is 14.6. The number of hydrogen-bond donors (Lipinski definition) is 8. The molecule has 4 unspecified atom stereocenters. The molecule has 13 nitrogen and oxygen atoms in total. The summed E-state index contributed by atoms with van der Waals surface area (Å²) in [5.41, 5.74) is 13.2. The monoisotopic (exact) mass is 566 g/mol. The summed E-state index contributed by atoms with van der Waals surface area (Å²) in [6.07, 6.45) is 1.49. The van der Waals surface area contributed by atoms with E-state index >= 15 is 0 Å². The minimum atomic E-state index is -1.51. The maximum Gasteiger partial charge on any atom is 0.326 e. The predicted molar refractivity (Wildman–Crippen MR) is 149 cm³/mol. The third-order valence-corrected chi connectivity index (χ3v) is 6.48. The van der Waals surface area contributed by atoms with E-state index in [9.17, 15) is 34.2 Å². The summed E-state index contributed by atoms with van der Waals surface area (Å²) in [4.78, 5) is 65.0. The van der Waals surface area contributed by atoms with Gasteiger partial charge in [0.05, 0.1) is 12.6 Å². The summed E-state index contributed by atoms with van der Waals surface area (Å²) in [6.45, 7) is -0.832. The van der Waals surface area contributed by atoms with Gasteiger partial charge in [-0.2, -0.15) is 0 Å². The average molecular weight is 567 g/mol. The van der Waals surface area contributed by atoms with Gasteiger partial charge in [-0.1, -0.05) is 48.5 Å². The van der Waals surface area contributed by atoms with Crippen LogP contribution in [0.15, 0.2) is 60.8 Å². The molecule has 10 N–H and O–H groups in total. The molecule has 3 aromatic rings. The largest absolute Gasteiger partial charge is 0.480 e. The fourth-order valence-corrected chi connectivity index (χ4v) is 4.23. The van der Waals surface area contributed by atoms with Crippen molar-refractivity contribution in [2.75, 3.05) is 6.61 Å². The van der Waals surface area contributed by atoms with Gasteiger partial charge >= 0.3 is 5.97 Å². The van der Waals surface area contributed by atoms with Crippen molar-refractivity contribution in [2.45, 2.75) is 49.9 Å². The third-order valence-electron chi connectivity index (χ3n) is 6.48. The SMILES string of the molecule is NC(=O)CCC(N)C(=O)NC(Cc1c[nH]c2ccccc12)C(=O)NC(CO)C(=O)NC(Cc1ccccc1)C(=O)O. The third kappa shape index (κ3) is 8.88. The molecule has 3 rings (SSSR count). The number of aliphatic hydroxyl groups excluding tert-OH is 1. The predicted octanol–water partition coefficient (Wildman–Crippen LogP) is -0.923. The lowest BCUT2D eigenvalue weighted by Gasteiger charge is -2.24. The lowest BCUT2D eigenvalue weighted by molar-refractivity contribution is -0.142. The molecule has 218 valence electrons. The van der Waals surface area contributed by atoms with Crippen LogP contribution in [0.4, 0.5) is 0 Å². The van der Waals surface area contributed by atoms with Crippen LogP contribution in [0.2, 0.25) is 0 Å². The zero-order chi connectivity index (χ0) is 29.9. The number of para-hydroxylation sites is 1. The van der Waals surface area contributed by atoms with Crippen molar-refractivity contribution >= 4 is 40.5 Å². The summed E-state index contributed by atoms with van der Waals surface area (Å²) < 4.78 is 0. The zero-order valence-electron chi connectivity index (χ0n) is 22.2. The van der Waals surface area contributed by atoms with Gasteiger partial charge in [-0.15, -0.1) is 0 Å². The number of nitrogens with one attached hydrogen (secondary N) is 4. The van der Waals surface area contributed by atoms with Gasteiger partial charge in [0, 0.05) is 36.4 Å². The highest BCUT2D eigenvalue weighted by molar-refractivity contribution is 5.95. The Hall–Kier alpha value is -4.75. The highest BCUT2D eigenvalue weighted by Gasteiger charge is 2.31. The molecule has 4 atom stereocenters. The van der Waals surface area contributed by atoms with E-state index in [0.29, 0.717) is 11.1 Å². The molecule has 0 aliphatic rings. The lowest BCUT2D eigenvalue weighted by atomic mass is 10.0. The van der Waals surface area contributed by atoms with Crippen LogP contribution in [0.1, 0.15) is 24.0 Å². The van der Waals surface area contributed by atoms with Crippen molar-refractivity contribution in [2.24, 2.45) is 11.5 Å². The molecule has 0 saturated carbocycles. The number of aliphatic hydroxyl groups is 1. The molecule has 4 amide bonds. The molecule has 1 aromatic heterocycles. The van der Waals surface area contributed by atoms with Crippen LogP contribution in [0.3, 0.4) is 0 Å². The van der Waals surface area contributed by atoms with Crippen LogP contribution >= 0.6 is 0 Å². The number of carbonyl (C=O) groups is 5. The number of aliphatic carboxylic acids is 1. The number of aromatic nitrogens is 1. The van der Waals surface area contributed by atoms with Crippen LogP contribution in [-0.4, -0.2) is 75.6 Å². The molecule has 0 spiro atoms. The standard InChI is InChI=1S/C28H34N6O7/c29-19(10-11-24(30)36)25(37)32-21(13-17-14-31-20-9-5-4-8-18(17)20)26(38)34-23(15-35)27(39)33-22(28(40)41)12-16-6-2-1-3-7-16/h1-9,14,19,21-23,31,35H,10-13,15,29H2,(H2,30,36)(H,32,37)(H,33,39)(H,34,38)(H,40,41). The maximum absolute atomic E-state index is 13.4. The molecule has 2 aromatic carbocycles. The Labute approximate surface area is 235 Å². The first kappa shape index (κ1) is 30.8. The number of rotatable bonds is 15. The normalized spacial score (nSPS) is 13.9. The van der Waals surface area contributed by atoms with Crippen molar-refractivity contribution in [3.05, 3.63) is 71.9 Å². The number of carbonyl (C=O) groups excluding carboxylic acids is 4. The van der Waals surface area contributed by atoms with E-state index in [2.05, 4.69) is 20.9 Å². The molecule has 0 saturated heterocycles. The number of aromatic amines is 1. The number of amides is 4. The number of hydrogen-bond acceptors (Lipinski definition) is 7. The van der Waals surface area contributed by atoms with Crippen LogP contribution < -0.4 is 27.4 Å². The van der Waals surface area contributed by atoms with Gasteiger partial charge in [0.25, 0.3) is 0 Å². The van der Waals surface area contributed by atoms with Crippen molar-refractivity contribution in [1.29, 1.82) is 0 Å². The van der Waals surface area contributed by atoms with Gasteiger partial charge in [-0.3, -0.25) is 19.2 Å². The Balaban J connectivity index is 1.75. The molecular formula is C28H34N6O7. The van der Waals surface area contributed by atoms with Crippen LogP contribution in [0.25, 0.3) is 10.9 Å². The molecule has 13 heteroatoms. The fourth-order valence-electron chi connectivity index (χ4n) is 4.23. The summed E-state index contributed by atoms with van der Waals surface area (Å²) in [5.74, 6) is -4.37. The first-order chi connectivity index (χ1) is 19.6. The van der Waals surface area contributed by atoms with Crippen molar-refractivity contribution in [1.82, 2.24) is 20.9 Å².